The average molecular weight is 234 g/mol. The van der Waals surface area contributed by atoms with E-state index in [-0.39, 0.29) is 11.7 Å². The summed E-state index contributed by atoms with van der Waals surface area (Å²) in [5, 5.41) is 0. The molecule has 1 aliphatic carbocycles. The second-order valence-corrected chi connectivity index (χ2v) is 4.59. The Kier molecular flexibility index (Phi) is 3.36. The lowest BCUT2D eigenvalue weighted by Crippen LogP contribution is -2.13. The number of ether oxygens (including phenoxy) is 2. The van der Waals surface area contributed by atoms with E-state index in [1.807, 2.05) is 6.92 Å². The van der Waals surface area contributed by atoms with Gasteiger partial charge in [0.1, 0.15) is 11.5 Å². The van der Waals surface area contributed by atoms with Gasteiger partial charge in [0.05, 0.1) is 14.2 Å². The molecular weight excluding hydrogens is 216 g/mol. The highest BCUT2D eigenvalue weighted by molar-refractivity contribution is 5.98. The molecule has 3 nitrogen and oxygen atoms in total. The number of ketones is 1. The molecule has 0 amide bonds. The Hall–Kier alpha value is -1.51. The van der Waals surface area contributed by atoms with Gasteiger partial charge in [-0.2, -0.15) is 0 Å². The molecule has 0 radical (unpaired) electrons. The topological polar surface area (TPSA) is 35.5 Å². The lowest BCUT2D eigenvalue weighted by Gasteiger charge is -2.11. The summed E-state index contributed by atoms with van der Waals surface area (Å²) in [5.74, 6) is 2.18. The Balaban J connectivity index is 2.26. The maximum absolute atomic E-state index is 12.3. The fraction of sp³-hybridized carbons (Fsp3) is 0.500. The predicted molar refractivity (Wildman–Crippen MR) is 65.8 cm³/mol. The molecule has 2 rings (SSSR count). The van der Waals surface area contributed by atoms with Crippen LogP contribution < -0.4 is 9.47 Å². The van der Waals surface area contributed by atoms with Crippen LogP contribution in [-0.4, -0.2) is 20.0 Å². The quantitative estimate of drug-likeness (QED) is 0.735. The van der Waals surface area contributed by atoms with Crippen molar-refractivity contribution in [1.29, 1.82) is 0 Å². The first-order chi connectivity index (χ1) is 8.15. The third kappa shape index (κ3) is 2.60. The van der Waals surface area contributed by atoms with Crippen LogP contribution in [0.25, 0.3) is 0 Å². The summed E-state index contributed by atoms with van der Waals surface area (Å²) in [5.41, 5.74) is 0.681. The number of carbonyl (C=O) groups is 1. The SMILES string of the molecule is COc1cc(OC)cc(C(=O)C(C)C2CC2)c1. The molecule has 0 saturated heterocycles. The number of benzene rings is 1. The maximum atomic E-state index is 12.3. The molecule has 17 heavy (non-hydrogen) atoms. The van der Waals surface area contributed by atoms with Crippen molar-refractivity contribution in [3.63, 3.8) is 0 Å². The monoisotopic (exact) mass is 234 g/mol. The van der Waals surface area contributed by atoms with E-state index in [0.717, 1.165) is 0 Å². The van der Waals surface area contributed by atoms with Gasteiger partial charge in [0.2, 0.25) is 0 Å². The third-order valence-electron chi connectivity index (χ3n) is 3.38. The fourth-order valence-electron chi connectivity index (χ4n) is 2.02. The predicted octanol–water partition coefficient (Wildman–Crippen LogP) is 2.93. The summed E-state index contributed by atoms with van der Waals surface area (Å²) in [6, 6.07) is 5.34. The van der Waals surface area contributed by atoms with Crippen molar-refractivity contribution in [2.24, 2.45) is 11.8 Å². The first-order valence-corrected chi connectivity index (χ1v) is 5.93. The van der Waals surface area contributed by atoms with Crippen molar-refractivity contribution in [3.8, 4) is 11.5 Å². The van der Waals surface area contributed by atoms with Gasteiger partial charge in [0, 0.05) is 17.5 Å². The minimum atomic E-state index is 0.104. The van der Waals surface area contributed by atoms with Gasteiger partial charge in [0.25, 0.3) is 0 Å². The van der Waals surface area contributed by atoms with Gasteiger partial charge < -0.3 is 9.47 Å². The maximum Gasteiger partial charge on any atom is 0.166 e. The summed E-state index contributed by atoms with van der Waals surface area (Å²) >= 11 is 0. The van der Waals surface area contributed by atoms with Crippen LogP contribution in [0.4, 0.5) is 0 Å². The van der Waals surface area contributed by atoms with Gasteiger partial charge in [-0.15, -0.1) is 0 Å². The second-order valence-electron chi connectivity index (χ2n) is 4.59. The molecule has 0 bridgehead atoms. The molecule has 1 atom stereocenters. The van der Waals surface area contributed by atoms with Crippen LogP contribution in [-0.2, 0) is 0 Å². The lowest BCUT2D eigenvalue weighted by atomic mass is 9.95. The standard InChI is InChI=1S/C14H18O3/c1-9(10-4-5-10)14(15)11-6-12(16-2)8-13(7-11)17-3/h6-10H,4-5H2,1-3H3. The zero-order valence-corrected chi connectivity index (χ0v) is 10.5. The molecule has 0 aliphatic heterocycles. The number of Topliss-reactive ketones (excluding diaryl/α,β-unsaturated/α-hetero) is 1. The first-order valence-electron chi connectivity index (χ1n) is 5.93. The van der Waals surface area contributed by atoms with Crippen molar-refractivity contribution in [2.75, 3.05) is 14.2 Å². The van der Waals surface area contributed by atoms with Crippen LogP contribution in [0.5, 0.6) is 11.5 Å². The fourth-order valence-corrected chi connectivity index (χ4v) is 2.02. The molecule has 1 unspecified atom stereocenters. The average Bonchev–Trinajstić information content (AvgIpc) is 3.20. The number of hydrogen-bond acceptors (Lipinski definition) is 3. The van der Waals surface area contributed by atoms with Crippen LogP contribution in [0.15, 0.2) is 18.2 Å². The van der Waals surface area contributed by atoms with Crippen molar-refractivity contribution in [1.82, 2.24) is 0 Å². The van der Waals surface area contributed by atoms with Crippen LogP contribution in [0.3, 0.4) is 0 Å². The van der Waals surface area contributed by atoms with E-state index in [9.17, 15) is 4.79 Å². The van der Waals surface area contributed by atoms with Crippen LogP contribution >= 0.6 is 0 Å². The molecule has 1 fully saturated rings. The van der Waals surface area contributed by atoms with Gasteiger partial charge in [0.15, 0.2) is 5.78 Å². The summed E-state index contributed by atoms with van der Waals surface area (Å²) in [6.45, 7) is 2.01. The Morgan fingerprint density at radius 2 is 1.71 bits per heavy atom. The van der Waals surface area contributed by atoms with Gasteiger partial charge in [-0.25, -0.2) is 0 Å². The number of carbonyl (C=O) groups excluding carboxylic acids is 1. The Bertz CT molecular complexity index is 399. The zero-order chi connectivity index (χ0) is 12.4. The van der Waals surface area contributed by atoms with Crippen molar-refractivity contribution < 1.29 is 14.3 Å². The number of rotatable bonds is 5. The molecular formula is C14H18O3. The second kappa shape index (κ2) is 4.78. The van der Waals surface area contributed by atoms with E-state index >= 15 is 0 Å². The Labute approximate surface area is 102 Å². The van der Waals surface area contributed by atoms with E-state index in [2.05, 4.69) is 0 Å². The van der Waals surface area contributed by atoms with Crippen molar-refractivity contribution in [2.45, 2.75) is 19.8 Å². The summed E-state index contributed by atoms with van der Waals surface area (Å²) < 4.78 is 10.3. The van der Waals surface area contributed by atoms with Gasteiger partial charge in [-0.1, -0.05) is 6.92 Å². The lowest BCUT2D eigenvalue weighted by molar-refractivity contribution is 0.0915. The number of hydrogen-bond donors (Lipinski definition) is 0. The number of methoxy groups -OCH3 is 2. The van der Waals surface area contributed by atoms with E-state index in [1.54, 1.807) is 32.4 Å². The highest BCUT2D eigenvalue weighted by Crippen LogP contribution is 2.38. The van der Waals surface area contributed by atoms with E-state index in [1.165, 1.54) is 12.8 Å². The molecule has 92 valence electrons. The van der Waals surface area contributed by atoms with Crippen LogP contribution in [0.1, 0.15) is 30.1 Å². The molecule has 0 aromatic heterocycles. The highest BCUT2D eigenvalue weighted by Gasteiger charge is 2.33. The minimum absolute atomic E-state index is 0.104. The molecule has 1 aliphatic rings. The van der Waals surface area contributed by atoms with Crippen molar-refractivity contribution in [3.05, 3.63) is 23.8 Å². The first kappa shape index (κ1) is 12.0. The van der Waals surface area contributed by atoms with E-state index in [4.69, 9.17) is 9.47 Å². The Morgan fingerprint density at radius 1 is 1.18 bits per heavy atom. The van der Waals surface area contributed by atoms with E-state index in [0.29, 0.717) is 23.0 Å². The minimum Gasteiger partial charge on any atom is -0.497 e. The molecule has 0 heterocycles. The molecule has 3 heteroatoms. The molecule has 1 saturated carbocycles. The highest BCUT2D eigenvalue weighted by atomic mass is 16.5. The van der Waals surface area contributed by atoms with Gasteiger partial charge >= 0.3 is 0 Å². The largest absolute Gasteiger partial charge is 0.497 e. The van der Waals surface area contributed by atoms with Gasteiger partial charge in [-0.05, 0) is 30.9 Å². The Morgan fingerprint density at radius 3 is 2.12 bits per heavy atom. The normalized spacial score (nSPS) is 16.4. The molecule has 0 spiro atoms. The van der Waals surface area contributed by atoms with Crippen molar-refractivity contribution >= 4 is 5.78 Å². The zero-order valence-electron chi connectivity index (χ0n) is 10.5. The molecule has 1 aromatic rings. The van der Waals surface area contributed by atoms with E-state index < -0.39 is 0 Å². The summed E-state index contributed by atoms with van der Waals surface area (Å²) in [6.07, 6.45) is 2.35. The third-order valence-corrected chi connectivity index (χ3v) is 3.38. The summed E-state index contributed by atoms with van der Waals surface area (Å²) in [4.78, 5) is 12.3. The summed E-state index contributed by atoms with van der Waals surface area (Å²) in [7, 11) is 3.18. The van der Waals surface area contributed by atoms with Gasteiger partial charge in [-0.3, -0.25) is 4.79 Å². The smallest absolute Gasteiger partial charge is 0.166 e. The van der Waals surface area contributed by atoms with Crippen LogP contribution in [0, 0.1) is 11.8 Å². The molecule has 1 aromatic carbocycles. The molecule has 0 N–H and O–H groups in total. The van der Waals surface area contributed by atoms with Crippen LogP contribution in [0.2, 0.25) is 0 Å².